The number of hydrogen-bond donors (Lipinski definition) is 2. The molecule has 2 amide bonds. The van der Waals surface area contributed by atoms with Crippen molar-refractivity contribution in [3.63, 3.8) is 0 Å². The molecule has 3 N–H and O–H groups in total. The van der Waals surface area contributed by atoms with Crippen LogP contribution in [-0.4, -0.2) is 11.8 Å². The van der Waals surface area contributed by atoms with Gasteiger partial charge in [0.15, 0.2) is 0 Å². The monoisotopic (exact) mass is 372 g/mol. The van der Waals surface area contributed by atoms with E-state index in [-0.39, 0.29) is 11.8 Å². The Kier molecular flexibility index (Phi) is 4.48. The van der Waals surface area contributed by atoms with E-state index in [1.165, 1.54) is 5.56 Å². The molecular weight excluding hydrogens is 356 g/mol. The average molecular weight is 373 g/mol. The highest BCUT2D eigenvalue weighted by Crippen LogP contribution is 2.47. The van der Waals surface area contributed by atoms with Gasteiger partial charge in [0.05, 0.1) is 0 Å². The molecule has 1 aliphatic rings. The molecule has 0 radical (unpaired) electrons. The topological polar surface area (TPSA) is 72.2 Å². The lowest BCUT2D eigenvalue weighted by atomic mass is 10.1. The third kappa shape index (κ3) is 3.79. The second kappa shape index (κ2) is 6.54. The fourth-order valence-corrected chi connectivity index (χ4v) is 3.11. The van der Waals surface area contributed by atoms with Crippen molar-refractivity contribution in [2.24, 2.45) is 11.7 Å². The molecule has 0 heterocycles. The van der Waals surface area contributed by atoms with Crippen LogP contribution in [0.15, 0.2) is 53.0 Å². The van der Waals surface area contributed by atoms with Crippen LogP contribution < -0.4 is 11.1 Å². The van der Waals surface area contributed by atoms with Crippen molar-refractivity contribution in [1.82, 2.24) is 5.32 Å². The lowest BCUT2D eigenvalue weighted by Gasteiger charge is -2.06. The van der Waals surface area contributed by atoms with E-state index in [1.54, 1.807) is 24.3 Å². The van der Waals surface area contributed by atoms with E-state index in [4.69, 9.17) is 5.73 Å². The van der Waals surface area contributed by atoms with Gasteiger partial charge in [-0.05, 0) is 47.7 Å². The van der Waals surface area contributed by atoms with Gasteiger partial charge in [0.25, 0.3) is 0 Å². The summed E-state index contributed by atoms with van der Waals surface area (Å²) in [6.07, 6.45) is 0.892. The van der Waals surface area contributed by atoms with Crippen LogP contribution in [0.2, 0.25) is 0 Å². The molecule has 3 rings (SSSR count). The third-order valence-electron chi connectivity index (χ3n) is 4.11. The third-order valence-corrected chi connectivity index (χ3v) is 4.60. The summed E-state index contributed by atoms with van der Waals surface area (Å²) >= 11 is 3.46. The summed E-state index contributed by atoms with van der Waals surface area (Å²) in [5, 5.41) is 2.96. The Morgan fingerprint density at radius 1 is 1.17 bits per heavy atom. The van der Waals surface area contributed by atoms with Crippen LogP contribution >= 0.6 is 15.9 Å². The molecular formula is C18H17BrN2O2. The van der Waals surface area contributed by atoms with Crippen LogP contribution in [0.1, 0.15) is 33.8 Å². The van der Waals surface area contributed by atoms with Crippen molar-refractivity contribution < 1.29 is 9.59 Å². The molecule has 2 unspecified atom stereocenters. The predicted molar refractivity (Wildman–Crippen MR) is 91.8 cm³/mol. The molecule has 0 aromatic heterocycles. The number of carbonyl (C=O) groups is 2. The van der Waals surface area contributed by atoms with Crippen LogP contribution in [0, 0.1) is 5.92 Å². The molecule has 4 nitrogen and oxygen atoms in total. The molecule has 118 valence electrons. The zero-order valence-corrected chi connectivity index (χ0v) is 14.0. The number of hydrogen-bond acceptors (Lipinski definition) is 2. The maximum atomic E-state index is 12.2. The summed E-state index contributed by atoms with van der Waals surface area (Å²) in [4.78, 5) is 23.2. The van der Waals surface area contributed by atoms with Crippen molar-refractivity contribution in [3.05, 3.63) is 69.7 Å². The van der Waals surface area contributed by atoms with E-state index >= 15 is 0 Å². The first-order valence-corrected chi connectivity index (χ1v) is 8.26. The van der Waals surface area contributed by atoms with Crippen LogP contribution in [-0.2, 0) is 11.3 Å². The van der Waals surface area contributed by atoms with Crippen LogP contribution in [0.3, 0.4) is 0 Å². The van der Waals surface area contributed by atoms with Gasteiger partial charge in [0, 0.05) is 22.5 Å². The van der Waals surface area contributed by atoms with Crippen LogP contribution in [0.5, 0.6) is 0 Å². The normalized spacial score (nSPS) is 19.2. The van der Waals surface area contributed by atoms with Gasteiger partial charge in [-0.25, -0.2) is 0 Å². The predicted octanol–water partition coefficient (Wildman–Crippen LogP) is 2.97. The molecule has 23 heavy (non-hydrogen) atoms. The standard InChI is InChI=1S/C18H17BrN2O2/c19-14-3-1-2-13(8-14)15-9-16(15)18(23)21-10-11-4-6-12(7-5-11)17(20)22/h1-8,15-16H,9-10H2,(H2,20,22)(H,21,23). The van der Waals surface area contributed by atoms with Crippen molar-refractivity contribution >= 4 is 27.7 Å². The first kappa shape index (κ1) is 15.7. The molecule has 1 saturated carbocycles. The van der Waals surface area contributed by atoms with E-state index < -0.39 is 5.91 Å². The summed E-state index contributed by atoms with van der Waals surface area (Å²) < 4.78 is 1.04. The van der Waals surface area contributed by atoms with Crippen molar-refractivity contribution in [1.29, 1.82) is 0 Å². The largest absolute Gasteiger partial charge is 0.366 e. The molecule has 2 aromatic rings. The quantitative estimate of drug-likeness (QED) is 0.846. The maximum absolute atomic E-state index is 12.2. The zero-order chi connectivity index (χ0) is 16.4. The Balaban J connectivity index is 1.53. The molecule has 1 fully saturated rings. The molecule has 0 aliphatic heterocycles. The molecule has 5 heteroatoms. The minimum absolute atomic E-state index is 0.0502. The van der Waals surface area contributed by atoms with Crippen LogP contribution in [0.25, 0.3) is 0 Å². The molecule has 0 bridgehead atoms. The SMILES string of the molecule is NC(=O)c1ccc(CNC(=O)C2CC2c2cccc(Br)c2)cc1. The van der Waals surface area contributed by atoms with E-state index in [0.717, 1.165) is 16.5 Å². The van der Waals surface area contributed by atoms with Gasteiger partial charge in [-0.15, -0.1) is 0 Å². The molecule has 0 spiro atoms. The lowest BCUT2D eigenvalue weighted by molar-refractivity contribution is -0.122. The van der Waals surface area contributed by atoms with Gasteiger partial charge < -0.3 is 11.1 Å². The van der Waals surface area contributed by atoms with Gasteiger partial charge in [0.1, 0.15) is 0 Å². The van der Waals surface area contributed by atoms with E-state index in [2.05, 4.69) is 33.4 Å². The number of nitrogens with two attached hydrogens (primary N) is 1. The number of rotatable bonds is 5. The fraction of sp³-hybridized carbons (Fsp3) is 0.222. The highest BCUT2D eigenvalue weighted by atomic mass is 79.9. The van der Waals surface area contributed by atoms with Crippen molar-refractivity contribution in [2.45, 2.75) is 18.9 Å². The summed E-state index contributed by atoms with van der Waals surface area (Å²) in [5.41, 5.74) is 7.82. The Bertz CT molecular complexity index is 743. The van der Waals surface area contributed by atoms with Gasteiger partial charge in [-0.3, -0.25) is 9.59 Å². The molecule has 2 atom stereocenters. The lowest BCUT2D eigenvalue weighted by Crippen LogP contribution is -2.25. The Hall–Kier alpha value is -2.14. The number of nitrogens with one attached hydrogen (secondary N) is 1. The summed E-state index contributed by atoms with van der Waals surface area (Å²) in [5.74, 6) is -0.0108. The Morgan fingerprint density at radius 3 is 2.57 bits per heavy atom. The van der Waals surface area contributed by atoms with Gasteiger partial charge in [0.2, 0.25) is 11.8 Å². The van der Waals surface area contributed by atoms with Gasteiger partial charge >= 0.3 is 0 Å². The smallest absolute Gasteiger partial charge is 0.248 e. The number of primary amides is 1. The number of carbonyl (C=O) groups excluding carboxylic acids is 2. The number of amides is 2. The highest BCUT2D eigenvalue weighted by molar-refractivity contribution is 9.10. The van der Waals surface area contributed by atoms with Gasteiger partial charge in [-0.2, -0.15) is 0 Å². The second-order valence-electron chi connectivity index (χ2n) is 5.78. The van der Waals surface area contributed by atoms with Crippen molar-refractivity contribution in [3.8, 4) is 0 Å². The number of benzene rings is 2. The summed E-state index contributed by atoms with van der Waals surface area (Å²) in [7, 11) is 0. The first-order chi connectivity index (χ1) is 11.0. The van der Waals surface area contributed by atoms with Crippen molar-refractivity contribution in [2.75, 3.05) is 0 Å². The first-order valence-electron chi connectivity index (χ1n) is 7.46. The molecule has 1 aliphatic carbocycles. The minimum atomic E-state index is -0.449. The Labute approximate surface area is 143 Å². The minimum Gasteiger partial charge on any atom is -0.366 e. The van der Waals surface area contributed by atoms with Crippen LogP contribution in [0.4, 0.5) is 0 Å². The zero-order valence-electron chi connectivity index (χ0n) is 12.5. The van der Waals surface area contributed by atoms with E-state index in [9.17, 15) is 9.59 Å². The number of halogens is 1. The Morgan fingerprint density at radius 2 is 1.91 bits per heavy atom. The summed E-state index contributed by atoms with van der Waals surface area (Å²) in [6.45, 7) is 0.458. The summed E-state index contributed by atoms with van der Waals surface area (Å²) in [6, 6.07) is 15.1. The fourth-order valence-electron chi connectivity index (χ4n) is 2.70. The maximum Gasteiger partial charge on any atom is 0.248 e. The van der Waals surface area contributed by atoms with E-state index in [0.29, 0.717) is 18.0 Å². The average Bonchev–Trinajstić information content (AvgIpc) is 3.34. The highest BCUT2D eigenvalue weighted by Gasteiger charge is 2.43. The van der Waals surface area contributed by atoms with Gasteiger partial charge in [-0.1, -0.05) is 40.2 Å². The molecule has 0 saturated heterocycles. The molecule has 2 aromatic carbocycles. The van der Waals surface area contributed by atoms with E-state index in [1.807, 2.05) is 12.1 Å². The second-order valence-corrected chi connectivity index (χ2v) is 6.70.